The molecule has 0 bridgehead atoms. The van der Waals surface area contributed by atoms with Crippen LogP contribution in [0.15, 0.2) is 18.2 Å². The monoisotopic (exact) mass is 273 g/mol. The first-order valence-electron chi connectivity index (χ1n) is 7.86. The van der Waals surface area contributed by atoms with E-state index in [1.807, 2.05) is 0 Å². The van der Waals surface area contributed by atoms with Gasteiger partial charge < -0.3 is 0 Å². The largest absolute Gasteiger partial charge is 0.272 e. The van der Waals surface area contributed by atoms with Gasteiger partial charge in [-0.05, 0) is 55.2 Å². The molecule has 2 aliphatic rings. The highest BCUT2D eigenvalue weighted by Crippen LogP contribution is 2.22. The van der Waals surface area contributed by atoms with Crippen LogP contribution in [0.25, 0.3) is 0 Å². The second-order valence-corrected chi connectivity index (χ2v) is 6.04. The lowest BCUT2D eigenvalue weighted by atomic mass is 9.90. The fourth-order valence-electron chi connectivity index (χ4n) is 3.27. The molecule has 0 aliphatic heterocycles. The maximum atomic E-state index is 11.9. The zero-order valence-corrected chi connectivity index (χ0v) is 12.0. The van der Waals surface area contributed by atoms with Crippen LogP contribution in [-0.2, 0) is 28.9 Å². The van der Waals surface area contributed by atoms with Crippen LogP contribution in [0.5, 0.6) is 0 Å². The number of rotatable bonds is 4. The number of carbonyl (C=O) groups excluding carboxylic acids is 1. The number of fused-ring (bicyclic) bond motifs is 1. The van der Waals surface area contributed by atoms with Crippen molar-refractivity contribution in [1.29, 1.82) is 0 Å². The van der Waals surface area contributed by atoms with E-state index < -0.39 is 0 Å². The Morgan fingerprint density at radius 2 is 1.85 bits per heavy atom. The minimum atomic E-state index is -0.0346. The molecule has 1 N–H and O–H groups in total. The normalized spacial score (nSPS) is 18.8. The number of hydrogen-bond acceptors (Lipinski definition) is 2. The van der Waals surface area contributed by atoms with Gasteiger partial charge in [0.2, 0.25) is 5.91 Å². The number of amides is 1. The fourth-order valence-corrected chi connectivity index (χ4v) is 3.27. The minimum absolute atomic E-state index is 0.0346. The molecule has 0 spiro atoms. The average molecular weight is 273 g/mol. The molecule has 0 unspecified atom stereocenters. The van der Waals surface area contributed by atoms with Crippen molar-refractivity contribution in [2.75, 3.05) is 0 Å². The van der Waals surface area contributed by atoms with Gasteiger partial charge in [-0.2, -0.15) is 0 Å². The second-order valence-electron chi connectivity index (χ2n) is 6.04. The summed E-state index contributed by atoms with van der Waals surface area (Å²) in [7, 11) is 0. The van der Waals surface area contributed by atoms with Crippen LogP contribution in [0.3, 0.4) is 0 Å². The molecule has 3 nitrogen and oxygen atoms in total. The maximum Gasteiger partial charge on any atom is 0.247 e. The van der Waals surface area contributed by atoms with E-state index in [1.54, 1.807) is 0 Å². The summed E-state index contributed by atoms with van der Waals surface area (Å²) in [6, 6.07) is 6.47. The van der Waals surface area contributed by atoms with Crippen molar-refractivity contribution in [3.8, 4) is 0 Å². The summed E-state index contributed by atoms with van der Waals surface area (Å²) in [5.41, 5.74) is 6.60. The van der Waals surface area contributed by atoms with Gasteiger partial charge in [0.1, 0.15) is 0 Å². The lowest BCUT2D eigenvalue weighted by Gasteiger charge is -2.16. The molecular weight excluding hydrogens is 250 g/mol. The molecule has 1 amide bonds. The maximum absolute atomic E-state index is 11.9. The van der Waals surface area contributed by atoms with Crippen molar-refractivity contribution in [3.63, 3.8) is 0 Å². The molecule has 2 aliphatic carbocycles. The molecule has 0 heterocycles. The van der Waals surface area contributed by atoms with Crippen LogP contribution in [0.2, 0.25) is 0 Å². The van der Waals surface area contributed by atoms with Crippen molar-refractivity contribution in [2.45, 2.75) is 63.9 Å². The average Bonchev–Trinajstić information content (AvgIpc) is 2.98. The van der Waals surface area contributed by atoms with Crippen LogP contribution >= 0.6 is 0 Å². The summed E-state index contributed by atoms with van der Waals surface area (Å²) in [6.07, 6.45) is 10.1. The predicted molar refractivity (Wildman–Crippen MR) is 78.3 cm³/mol. The van der Waals surface area contributed by atoms with Crippen LogP contribution in [-0.4, -0.2) is 12.0 Å². The molecule has 0 radical (unpaired) electrons. The summed E-state index contributed by atoms with van der Waals surface area (Å²) in [4.78, 5) is 17.4. The highest BCUT2D eigenvalue weighted by atomic mass is 16.7. The highest BCUT2D eigenvalue weighted by molar-refractivity contribution is 5.77. The van der Waals surface area contributed by atoms with E-state index in [4.69, 9.17) is 4.84 Å². The Bertz CT molecular complexity index is 478. The highest BCUT2D eigenvalue weighted by Gasteiger charge is 2.17. The minimum Gasteiger partial charge on any atom is -0.272 e. The molecule has 1 saturated carbocycles. The van der Waals surface area contributed by atoms with Gasteiger partial charge in [0.25, 0.3) is 0 Å². The Morgan fingerprint density at radius 3 is 2.65 bits per heavy atom. The van der Waals surface area contributed by atoms with Crippen molar-refractivity contribution in [1.82, 2.24) is 5.48 Å². The predicted octanol–water partition coefficient (Wildman–Crippen LogP) is 3.10. The number of hydrogen-bond donors (Lipinski definition) is 1. The zero-order valence-electron chi connectivity index (χ0n) is 12.0. The Balaban J connectivity index is 1.52. The third-order valence-electron chi connectivity index (χ3n) is 4.42. The number of aryl methyl sites for hydroxylation is 2. The fraction of sp³-hybridized carbons (Fsp3) is 0.588. The van der Waals surface area contributed by atoms with E-state index in [1.165, 1.54) is 43.2 Å². The van der Waals surface area contributed by atoms with Crippen LogP contribution in [0.4, 0.5) is 0 Å². The summed E-state index contributed by atoms with van der Waals surface area (Å²) in [5, 5.41) is 0. The number of carbonyl (C=O) groups is 1. The zero-order chi connectivity index (χ0) is 13.8. The van der Waals surface area contributed by atoms with E-state index in [0.29, 0.717) is 6.42 Å². The Morgan fingerprint density at radius 1 is 1.10 bits per heavy atom. The van der Waals surface area contributed by atoms with Gasteiger partial charge in [-0.1, -0.05) is 31.0 Å². The van der Waals surface area contributed by atoms with Gasteiger partial charge in [-0.25, -0.2) is 5.48 Å². The Kier molecular flexibility index (Phi) is 4.36. The van der Waals surface area contributed by atoms with E-state index in [9.17, 15) is 4.79 Å². The van der Waals surface area contributed by atoms with Crippen molar-refractivity contribution in [3.05, 3.63) is 34.9 Å². The van der Waals surface area contributed by atoms with Gasteiger partial charge in [0.15, 0.2) is 0 Å². The third-order valence-corrected chi connectivity index (χ3v) is 4.42. The Labute approximate surface area is 120 Å². The standard InChI is InChI=1S/C17H23NO2/c19-17(18-20-16-7-3-4-8-16)12-13-9-10-14-5-1-2-6-15(14)11-13/h9-11,16H,1-8,12H2,(H,18,19). The molecule has 3 heteroatoms. The lowest BCUT2D eigenvalue weighted by molar-refractivity contribution is -0.137. The topological polar surface area (TPSA) is 38.3 Å². The molecule has 1 aromatic rings. The van der Waals surface area contributed by atoms with Crippen molar-refractivity contribution in [2.24, 2.45) is 0 Å². The molecule has 0 atom stereocenters. The molecule has 3 rings (SSSR count). The van der Waals surface area contributed by atoms with Gasteiger partial charge >= 0.3 is 0 Å². The van der Waals surface area contributed by atoms with Crippen molar-refractivity contribution < 1.29 is 9.63 Å². The molecular formula is C17H23NO2. The molecule has 0 saturated heterocycles. The number of benzene rings is 1. The molecule has 1 fully saturated rings. The third kappa shape index (κ3) is 3.40. The van der Waals surface area contributed by atoms with Gasteiger partial charge in [0, 0.05) is 0 Å². The van der Waals surface area contributed by atoms with E-state index in [0.717, 1.165) is 24.8 Å². The number of nitrogens with one attached hydrogen (secondary N) is 1. The van der Waals surface area contributed by atoms with Gasteiger partial charge in [0.05, 0.1) is 12.5 Å². The summed E-state index contributed by atoms with van der Waals surface area (Å²) >= 11 is 0. The second kappa shape index (κ2) is 6.40. The van der Waals surface area contributed by atoms with E-state index in [2.05, 4.69) is 23.7 Å². The van der Waals surface area contributed by atoms with Crippen molar-refractivity contribution >= 4 is 5.91 Å². The summed E-state index contributed by atoms with van der Waals surface area (Å²) < 4.78 is 0. The summed E-state index contributed by atoms with van der Waals surface area (Å²) in [5.74, 6) is -0.0346. The number of hydroxylamine groups is 1. The van der Waals surface area contributed by atoms with Crippen LogP contribution in [0.1, 0.15) is 55.2 Å². The first-order chi connectivity index (χ1) is 9.81. The molecule has 1 aromatic carbocycles. The first kappa shape index (κ1) is 13.6. The molecule has 20 heavy (non-hydrogen) atoms. The Hall–Kier alpha value is -1.35. The van der Waals surface area contributed by atoms with Crippen LogP contribution in [0, 0.1) is 0 Å². The smallest absolute Gasteiger partial charge is 0.247 e. The van der Waals surface area contributed by atoms with E-state index >= 15 is 0 Å². The van der Waals surface area contributed by atoms with Crippen LogP contribution < -0.4 is 5.48 Å². The SMILES string of the molecule is O=C(Cc1ccc2c(c1)CCCC2)NOC1CCCC1. The lowest BCUT2D eigenvalue weighted by Crippen LogP contribution is -2.29. The quantitative estimate of drug-likeness (QED) is 0.856. The first-order valence-corrected chi connectivity index (χ1v) is 7.86. The van der Waals surface area contributed by atoms with Gasteiger partial charge in [-0.15, -0.1) is 0 Å². The molecule has 108 valence electrons. The van der Waals surface area contributed by atoms with E-state index in [-0.39, 0.29) is 12.0 Å². The molecule has 0 aromatic heterocycles. The van der Waals surface area contributed by atoms with Gasteiger partial charge in [-0.3, -0.25) is 9.63 Å². The summed E-state index contributed by atoms with van der Waals surface area (Å²) in [6.45, 7) is 0.